The summed E-state index contributed by atoms with van der Waals surface area (Å²) >= 11 is 4.91. The SMILES string of the molecule is COc1ccc(OC)c2sc(N(CCCN3CCOCC3)C(=O)c3cccc(Br)c3)nc12.Cl. The van der Waals surface area contributed by atoms with E-state index in [-0.39, 0.29) is 18.3 Å². The molecule has 3 aromatic rings. The molecule has 0 atom stereocenters. The van der Waals surface area contributed by atoms with Crippen molar-refractivity contribution < 1.29 is 19.0 Å². The minimum atomic E-state index is -0.0785. The lowest BCUT2D eigenvalue weighted by Crippen LogP contribution is -2.39. The fourth-order valence-electron chi connectivity index (χ4n) is 3.73. The van der Waals surface area contributed by atoms with E-state index in [4.69, 9.17) is 19.2 Å². The largest absolute Gasteiger partial charge is 0.495 e. The zero-order valence-electron chi connectivity index (χ0n) is 18.6. The van der Waals surface area contributed by atoms with Crippen LogP contribution in [0.5, 0.6) is 11.5 Å². The van der Waals surface area contributed by atoms with Crippen molar-refractivity contribution in [2.24, 2.45) is 0 Å². The van der Waals surface area contributed by atoms with E-state index in [1.54, 1.807) is 19.1 Å². The third kappa shape index (κ3) is 5.96. The van der Waals surface area contributed by atoms with E-state index in [2.05, 4.69) is 20.8 Å². The first kappa shape index (κ1) is 25.7. The van der Waals surface area contributed by atoms with Crippen LogP contribution in [0.2, 0.25) is 0 Å². The van der Waals surface area contributed by atoms with E-state index in [0.717, 1.165) is 48.4 Å². The lowest BCUT2D eigenvalue weighted by Gasteiger charge is -2.27. The summed E-state index contributed by atoms with van der Waals surface area (Å²) in [6, 6.07) is 11.1. The minimum absolute atomic E-state index is 0. The van der Waals surface area contributed by atoms with Crippen LogP contribution >= 0.6 is 39.7 Å². The number of anilines is 1. The third-order valence-corrected chi connectivity index (χ3v) is 6.99. The summed E-state index contributed by atoms with van der Waals surface area (Å²) in [6.07, 6.45) is 0.837. The topological polar surface area (TPSA) is 64.1 Å². The van der Waals surface area contributed by atoms with Crippen molar-refractivity contribution in [2.75, 3.05) is 58.5 Å². The monoisotopic (exact) mass is 555 g/mol. The molecule has 1 amide bonds. The quantitative estimate of drug-likeness (QED) is 0.395. The Labute approximate surface area is 212 Å². The standard InChI is InChI=1S/C23H26BrN3O4S.ClH/c1-29-18-7-8-19(30-2)21-20(18)25-23(32-21)27(10-4-9-26-11-13-31-14-12-26)22(28)16-5-3-6-17(24)15-16;/h3,5-8,15H,4,9-14H2,1-2H3;1H. The van der Waals surface area contributed by atoms with E-state index >= 15 is 0 Å². The highest BCUT2D eigenvalue weighted by Gasteiger charge is 2.24. The summed E-state index contributed by atoms with van der Waals surface area (Å²) in [5.41, 5.74) is 1.32. The summed E-state index contributed by atoms with van der Waals surface area (Å²) in [5.74, 6) is 1.30. The van der Waals surface area contributed by atoms with Gasteiger partial charge in [0.05, 0.1) is 27.4 Å². The summed E-state index contributed by atoms with van der Waals surface area (Å²) < 4.78 is 18.2. The number of carbonyl (C=O) groups excluding carboxylic acids is 1. The van der Waals surface area contributed by atoms with Crippen molar-refractivity contribution in [3.05, 3.63) is 46.4 Å². The van der Waals surface area contributed by atoms with Crippen LogP contribution in [0.15, 0.2) is 40.9 Å². The molecule has 0 N–H and O–H groups in total. The van der Waals surface area contributed by atoms with E-state index in [1.165, 1.54) is 11.3 Å². The molecule has 0 aliphatic carbocycles. The molecule has 7 nitrogen and oxygen atoms in total. The number of aromatic nitrogens is 1. The molecule has 1 aromatic heterocycles. The van der Waals surface area contributed by atoms with Crippen LogP contribution in [0.4, 0.5) is 5.13 Å². The Hall–Kier alpha value is -1.91. The number of hydrogen-bond donors (Lipinski definition) is 0. The van der Waals surface area contributed by atoms with Crippen LogP contribution in [0.25, 0.3) is 10.2 Å². The smallest absolute Gasteiger partial charge is 0.260 e. The molecule has 2 aromatic carbocycles. The first-order valence-corrected chi connectivity index (χ1v) is 12.1. The van der Waals surface area contributed by atoms with E-state index in [0.29, 0.717) is 34.3 Å². The Balaban J connectivity index is 0.00000306. The zero-order chi connectivity index (χ0) is 22.5. The lowest BCUT2D eigenvalue weighted by atomic mass is 10.2. The third-order valence-electron chi connectivity index (χ3n) is 5.41. The molecule has 10 heteroatoms. The van der Waals surface area contributed by atoms with Crippen LogP contribution in [-0.2, 0) is 4.74 Å². The number of halogens is 2. The highest BCUT2D eigenvalue weighted by Crippen LogP contribution is 2.40. The van der Waals surface area contributed by atoms with E-state index in [1.807, 2.05) is 36.4 Å². The number of fused-ring (bicyclic) bond motifs is 1. The summed E-state index contributed by atoms with van der Waals surface area (Å²) in [6.45, 7) is 4.84. The Morgan fingerprint density at radius 3 is 2.61 bits per heavy atom. The van der Waals surface area contributed by atoms with Gasteiger partial charge in [-0.15, -0.1) is 12.4 Å². The van der Waals surface area contributed by atoms with Crippen LogP contribution < -0.4 is 14.4 Å². The molecule has 0 radical (unpaired) electrons. The number of benzene rings is 2. The number of morpholine rings is 1. The van der Waals surface area contributed by atoms with Crippen LogP contribution in [0.3, 0.4) is 0 Å². The number of carbonyl (C=O) groups is 1. The maximum absolute atomic E-state index is 13.5. The number of nitrogens with zero attached hydrogens (tertiary/aromatic N) is 3. The van der Waals surface area contributed by atoms with Gasteiger partial charge in [-0.25, -0.2) is 4.98 Å². The van der Waals surface area contributed by atoms with Gasteiger partial charge in [-0.2, -0.15) is 0 Å². The molecule has 33 heavy (non-hydrogen) atoms. The van der Waals surface area contributed by atoms with Crippen LogP contribution in [0, 0.1) is 0 Å². The number of ether oxygens (including phenoxy) is 3. The minimum Gasteiger partial charge on any atom is -0.495 e. The first-order chi connectivity index (χ1) is 15.6. The molecule has 2 heterocycles. The molecule has 0 bridgehead atoms. The van der Waals surface area contributed by atoms with E-state index in [9.17, 15) is 4.79 Å². The maximum atomic E-state index is 13.5. The predicted octanol–water partition coefficient (Wildman–Crippen LogP) is 4.87. The molecule has 0 spiro atoms. The number of amides is 1. The molecule has 0 unspecified atom stereocenters. The number of methoxy groups -OCH3 is 2. The Kier molecular flexibility index (Phi) is 9.34. The second kappa shape index (κ2) is 12.0. The normalized spacial score (nSPS) is 14.0. The predicted molar refractivity (Wildman–Crippen MR) is 138 cm³/mol. The van der Waals surface area contributed by atoms with Gasteiger partial charge in [-0.3, -0.25) is 14.6 Å². The Morgan fingerprint density at radius 1 is 1.18 bits per heavy atom. The van der Waals surface area contributed by atoms with Gasteiger partial charge in [0.15, 0.2) is 5.13 Å². The second-order valence-electron chi connectivity index (χ2n) is 7.42. The molecular formula is C23H27BrClN3O4S. The average Bonchev–Trinajstić information content (AvgIpc) is 3.26. The lowest BCUT2D eigenvalue weighted by molar-refractivity contribution is 0.0376. The number of thiazole rings is 1. The van der Waals surface area contributed by atoms with Gasteiger partial charge >= 0.3 is 0 Å². The fourth-order valence-corrected chi connectivity index (χ4v) is 5.23. The average molecular weight is 557 g/mol. The molecule has 178 valence electrons. The van der Waals surface area contributed by atoms with Crippen molar-refractivity contribution in [1.29, 1.82) is 0 Å². The van der Waals surface area contributed by atoms with Crippen molar-refractivity contribution in [3.8, 4) is 11.5 Å². The molecule has 1 fully saturated rings. The molecule has 0 saturated carbocycles. The molecular weight excluding hydrogens is 530 g/mol. The molecule has 4 rings (SSSR count). The van der Waals surface area contributed by atoms with Gasteiger partial charge in [0.1, 0.15) is 21.7 Å². The van der Waals surface area contributed by atoms with Crippen molar-refractivity contribution >= 4 is 60.9 Å². The highest BCUT2D eigenvalue weighted by molar-refractivity contribution is 9.10. The first-order valence-electron chi connectivity index (χ1n) is 10.5. The second-order valence-corrected chi connectivity index (χ2v) is 9.31. The summed E-state index contributed by atoms with van der Waals surface area (Å²) in [7, 11) is 3.25. The fraction of sp³-hybridized carbons (Fsp3) is 0.391. The Bertz CT molecular complexity index is 1050. The number of hydrogen-bond acceptors (Lipinski definition) is 7. The molecule has 1 saturated heterocycles. The van der Waals surface area contributed by atoms with Gasteiger partial charge < -0.3 is 14.2 Å². The van der Waals surface area contributed by atoms with Gasteiger partial charge in [0.2, 0.25) is 0 Å². The maximum Gasteiger partial charge on any atom is 0.260 e. The van der Waals surface area contributed by atoms with Crippen molar-refractivity contribution in [2.45, 2.75) is 6.42 Å². The zero-order valence-corrected chi connectivity index (χ0v) is 21.8. The van der Waals surface area contributed by atoms with Gasteiger partial charge in [0, 0.05) is 36.2 Å². The van der Waals surface area contributed by atoms with Gasteiger partial charge in [-0.05, 0) is 36.8 Å². The van der Waals surface area contributed by atoms with Crippen LogP contribution in [0.1, 0.15) is 16.8 Å². The summed E-state index contributed by atoms with van der Waals surface area (Å²) in [5, 5.41) is 0.634. The Morgan fingerprint density at radius 2 is 1.91 bits per heavy atom. The van der Waals surface area contributed by atoms with Gasteiger partial charge in [-0.1, -0.05) is 33.3 Å². The summed E-state index contributed by atoms with van der Waals surface area (Å²) in [4.78, 5) is 22.5. The van der Waals surface area contributed by atoms with E-state index < -0.39 is 0 Å². The number of rotatable bonds is 8. The van der Waals surface area contributed by atoms with Gasteiger partial charge in [0.25, 0.3) is 5.91 Å². The van der Waals surface area contributed by atoms with Crippen molar-refractivity contribution in [1.82, 2.24) is 9.88 Å². The molecule has 1 aliphatic heterocycles. The van der Waals surface area contributed by atoms with Crippen molar-refractivity contribution in [3.63, 3.8) is 0 Å². The molecule has 1 aliphatic rings. The van der Waals surface area contributed by atoms with Crippen LogP contribution in [-0.4, -0.2) is 69.4 Å². The highest BCUT2D eigenvalue weighted by atomic mass is 79.9.